The monoisotopic (exact) mass is 232 g/mol. The van der Waals surface area contributed by atoms with Crippen molar-refractivity contribution < 1.29 is 0 Å². The molecule has 17 heavy (non-hydrogen) atoms. The number of rotatable bonds is 5. The lowest BCUT2D eigenvalue weighted by molar-refractivity contribution is 0.240. The Morgan fingerprint density at radius 1 is 1.41 bits per heavy atom. The summed E-state index contributed by atoms with van der Waals surface area (Å²) in [6.45, 7) is 8.93. The van der Waals surface area contributed by atoms with E-state index in [1.165, 1.54) is 30.5 Å². The van der Waals surface area contributed by atoms with Gasteiger partial charge < -0.3 is 5.32 Å². The van der Waals surface area contributed by atoms with Crippen LogP contribution in [0.25, 0.3) is 0 Å². The maximum atomic E-state index is 3.48. The molecule has 0 saturated carbocycles. The van der Waals surface area contributed by atoms with E-state index in [-0.39, 0.29) is 0 Å². The highest BCUT2D eigenvalue weighted by atomic mass is 15.2. The van der Waals surface area contributed by atoms with Gasteiger partial charge >= 0.3 is 0 Å². The van der Waals surface area contributed by atoms with Gasteiger partial charge in [-0.1, -0.05) is 36.8 Å². The van der Waals surface area contributed by atoms with Gasteiger partial charge in [0.25, 0.3) is 0 Å². The van der Waals surface area contributed by atoms with Gasteiger partial charge in [0.15, 0.2) is 0 Å². The molecule has 0 aliphatic carbocycles. The van der Waals surface area contributed by atoms with Gasteiger partial charge in [0, 0.05) is 19.1 Å². The smallest absolute Gasteiger partial charge is 0.0237 e. The van der Waals surface area contributed by atoms with Gasteiger partial charge in [-0.15, -0.1) is 0 Å². The van der Waals surface area contributed by atoms with E-state index in [0.717, 1.165) is 25.7 Å². The van der Waals surface area contributed by atoms with E-state index >= 15 is 0 Å². The quantitative estimate of drug-likeness (QED) is 0.839. The van der Waals surface area contributed by atoms with Crippen LogP contribution in [-0.2, 0) is 6.54 Å². The van der Waals surface area contributed by atoms with Gasteiger partial charge in [0.1, 0.15) is 0 Å². The van der Waals surface area contributed by atoms with Crippen molar-refractivity contribution in [1.29, 1.82) is 0 Å². The summed E-state index contributed by atoms with van der Waals surface area (Å²) in [5.41, 5.74) is 2.82. The number of likely N-dealkylation sites (tertiary alicyclic amines) is 1. The molecule has 94 valence electrons. The number of hydrogen-bond acceptors (Lipinski definition) is 2. The molecule has 1 fully saturated rings. The molecule has 1 N–H and O–H groups in total. The molecule has 1 unspecified atom stereocenters. The van der Waals surface area contributed by atoms with Crippen molar-refractivity contribution >= 4 is 0 Å². The first-order valence-electron chi connectivity index (χ1n) is 6.80. The first-order chi connectivity index (χ1) is 8.29. The minimum Gasteiger partial charge on any atom is -0.315 e. The molecule has 1 atom stereocenters. The average molecular weight is 232 g/mol. The highest BCUT2D eigenvalue weighted by Gasteiger charge is 2.23. The highest BCUT2D eigenvalue weighted by molar-refractivity contribution is 5.22. The number of hydrogen-bond donors (Lipinski definition) is 1. The topological polar surface area (TPSA) is 15.3 Å². The summed E-state index contributed by atoms with van der Waals surface area (Å²) < 4.78 is 0. The van der Waals surface area contributed by atoms with E-state index in [4.69, 9.17) is 0 Å². The first kappa shape index (κ1) is 12.6. The van der Waals surface area contributed by atoms with E-state index in [0.29, 0.717) is 0 Å². The maximum absolute atomic E-state index is 3.48. The summed E-state index contributed by atoms with van der Waals surface area (Å²) in [5, 5.41) is 3.48. The third kappa shape index (κ3) is 3.55. The van der Waals surface area contributed by atoms with Gasteiger partial charge in [-0.3, -0.25) is 4.90 Å². The number of likely N-dealkylation sites (N-methyl/N-ethyl adjacent to an activating group) is 1. The van der Waals surface area contributed by atoms with Crippen LogP contribution in [0.1, 0.15) is 30.9 Å². The molecule has 1 aromatic rings. The maximum Gasteiger partial charge on any atom is 0.0237 e. The van der Waals surface area contributed by atoms with Crippen LogP contribution >= 0.6 is 0 Å². The van der Waals surface area contributed by atoms with Crippen LogP contribution in [0.4, 0.5) is 0 Å². The molecular weight excluding hydrogens is 208 g/mol. The number of nitrogens with zero attached hydrogens (tertiary/aromatic N) is 1. The average Bonchev–Trinajstić information content (AvgIpc) is 2.74. The molecule has 2 nitrogen and oxygen atoms in total. The number of aryl methyl sites for hydroxylation is 1. The normalized spacial score (nSPS) is 20.9. The van der Waals surface area contributed by atoms with Crippen LogP contribution in [0.15, 0.2) is 24.3 Å². The standard InChI is InChI=1S/C15H24N2/c1-3-16-11-15-8-5-9-17(15)12-14-7-4-6-13(2)10-14/h4,6-7,10,15-16H,3,5,8-9,11-12H2,1-2H3. The Hall–Kier alpha value is -0.860. The molecule has 0 radical (unpaired) electrons. The van der Waals surface area contributed by atoms with E-state index < -0.39 is 0 Å². The molecule has 2 rings (SSSR count). The molecule has 0 aromatic heterocycles. The zero-order valence-electron chi connectivity index (χ0n) is 11.1. The fourth-order valence-electron chi connectivity index (χ4n) is 2.69. The Bertz CT molecular complexity index is 349. The number of benzene rings is 1. The third-order valence-electron chi connectivity index (χ3n) is 3.60. The van der Waals surface area contributed by atoms with Crippen LogP contribution in [0.2, 0.25) is 0 Å². The predicted octanol–water partition coefficient (Wildman–Crippen LogP) is 2.57. The molecule has 1 saturated heterocycles. The molecule has 1 heterocycles. The van der Waals surface area contributed by atoms with Gasteiger partial charge in [-0.2, -0.15) is 0 Å². The molecule has 1 aliphatic heterocycles. The van der Waals surface area contributed by atoms with Crippen molar-refractivity contribution in [1.82, 2.24) is 10.2 Å². The molecule has 0 amide bonds. The largest absolute Gasteiger partial charge is 0.315 e. The van der Waals surface area contributed by atoms with Crippen molar-refractivity contribution in [3.05, 3.63) is 35.4 Å². The number of nitrogens with one attached hydrogen (secondary N) is 1. The van der Waals surface area contributed by atoms with E-state index in [1.807, 2.05) is 0 Å². The van der Waals surface area contributed by atoms with Crippen LogP contribution in [0.5, 0.6) is 0 Å². The van der Waals surface area contributed by atoms with Crippen LogP contribution in [0, 0.1) is 6.92 Å². The highest BCUT2D eigenvalue weighted by Crippen LogP contribution is 2.19. The lowest BCUT2D eigenvalue weighted by Crippen LogP contribution is -2.37. The van der Waals surface area contributed by atoms with Crippen molar-refractivity contribution in [3.8, 4) is 0 Å². The fourth-order valence-corrected chi connectivity index (χ4v) is 2.69. The Kier molecular flexibility index (Phi) is 4.57. The van der Waals surface area contributed by atoms with Gasteiger partial charge in [0.05, 0.1) is 0 Å². The summed E-state index contributed by atoms with van der Waals surface area (Å²) >= 11 is 0. The van der Waals surface area contributed by atoms with Crippen LogP contribution in [0.3, 0.4) is 0 Å². The van der Waals surface area contributed by atoms with Crippen molar-refractivity contribution in [2.75, 3.05) is 19.6 Å². The van der Waals surface area contributed by atoms with Gasteiger partial charge in [-0.25, -0.2) is 0 Å². The van der Waals surface area contributed by atoms with E-state index in [2.05, 4.69) is 48.3 Å². The van der Waals surface area contributed by atoms with E-state index in [1.54, 1.807) is 0 Å². The van der Waals surface area contributed by atoms with Gasteiger partial charge in [0.2, 0.25) is 0 Å². The SMILES string of the molecule is CCNCC1CCCN1Cc1cccc(C)c1. The van der Waals surface area contributed by atoms with E-state index in [9.17, 15) is 0 Å². The summed E-state index contributed by atoms with van der Waals surface area (Å²) in [5.74, 6) is 0. The van der Waals surface area contributed by atoms with Crippen molar-refractivity contribution in [2.45, 2.75) is 39.3 Å². The fraction of sp³-hybridized carbons (Fsp3) is 0.600. The van der Waals surface area contributed by atoms with Crippen molar-refractivity contribution in [2.24, 2.45) is 0 Å². The lowest BCUT2D eigenvalue weighted by atomic mass is 10.1. The summed E-state index contributed by atoms with van der Waals surface area (Å²) in [6, 6.07) is 9.62. The Morgan fingerprint density at radius 3 is 3.06 bits per heavy atom. The molecule has 1 aliphatic rings. The summed E-state index contributed by atoms with van der Waals surface area (Å²) in [6.07, 6.45) is 2.70. The summed E-state index contributed by atoms with van der Waals surface area (Å²) in [4.78, 5) is 2.62. The molecule has 1 aromatic carbocycles. The lowest BCUT2D eigenvalue weighted by Gasteiger charge is -2.24. The Morgan fingerprint density at radius 2 is 2.29 bits per heavy atom. The van der Waals surface area contributed by atoms with Crippen LogP contribution in [-0.4, -0.2) is 30.6 Å². The minimum atomic E-state index is 0.732. The summed E-state index contributed by atoms with van der Waals surface area (Å²) in [7, 11) is 0. The zero-order valence-corrected chi connectivity index (χ0v) is 11.1. The molecular formula is C15H24N2. The molecule has 2 heteroatoms. The van der Waals surface area contributed by atoms with Crippen LogP contribution < -0.4 is 5.32 Å². The first-order valence-corrected chi connectivity index (χ1v) is 6.80. The Labute approximate surface area is 105 Å². The second-order valence-corrected chi connectivity index (χ2v) is 5.06. The molecule has 0 bridgehead atoms. The third-order valence-corrected chi connectivity index (χ3v) is 3.60. The molecule has 0 spiro atoms. The predicted molar refractivity (Wildman–Crippen MR) is 73.2 cm³/mol. The Balaban J connectivity index is 1.93. The second-order valence-electron chi connectivity index (χ2n) is 5.06. The van der Waals surface area contributed by atoms with Gasteiger partial charge in [-0.05, 0) is 38.4 Å². The minimum absolute atomic E-state index is 0.732. The zero-order chi connectivity index (χ0) is 12.1. The second kappa shape index (κ2) is 6.18. The van der Waals surface area contributed by atoms with Crippen molar-refractivity contribution in [3.63, 3.8) is 0 Å².